The lowest BCUT2D eigenvalue weighted by molar-refractivity contribution is -0.122. The number of carbonyl (C=O) groups is 2. The number of amides is 1. The molecule has 39 heavy (non-hydrogen) atoms. The van der Waals surface area contributed by atoms with Crippen molar-refractivity contribution in [2.24, 2.45) is 5.41 Å². The molecule has 1 amide bonds. The highest BCUT2D eigenvalue weighted by atomic mass is 35.5. The Morgan fingerprint density at radius 3 is 2.36 bits per heavy atom. The molecule has 0 bridgehead atoms. The van der Waals surface area contributed by atoms with Crippen molar-refractivity contribution in [1.82, 2.24) is 5.32 Å². The first kappa shape index (κ1) is 29.9. The van der Waals surface area contributed by atoms with Gasteiger partial charge in [0.2, 0.25) is 5.91 Å². The van der Waals surface area contributed by atoms with Gasteiger partial charge >= 0.3 is 0 Å². The van der Waals surface area contributed by atoms with E-state index in [0.29, 0.717) is 42.5 Å². The van der Waals surface area contributed by atoms with Crippen molar-refractivity contribution < 1.29 is 23.5 Å². The van der Waals surface area contributed by atoms with E-state index in [1.165, 1.54) is 30.3 Å². The molecule has 2 aromatic rings. The maximum atomic E-state index is 15.0. The molecule has 3 N–H and O–H groups in total. The van der Waals surface area contributed by atoms with Gasteiger partial charge in [0.05, 0.1) is 21.7 Å². The van der Waals surface area contributed by atoms with Crippen LogP contribution in [-0.2, 0) is 15.0 Å². The molecule has 0 aliphatic carbocycles. The Hall–Kier alpha value is -2.06. The van der Waals surface area contributed by atoms with Gasteiger partial charge in [0.25, 0.3) is 0 Å². The molecule has 2 aliphatic heterocycles. The van der Waals surface area contributed by atoms with E-state index in [4.69, 9.17) is 23.2 Å². The molecule has 2 aliphatic rings. The first-order chi connectivity index (χ1) is 18.1. The summed E-state index contributed by atoms with van der Waals surface area (Å²) < 4.78 is 29.2. The number of fused-ring (bicyclic) bond motifs is 2. The molecule has 2 aromatic carbocycles. The highest BCUT2D eigenvalue weighted by Gasteiger charge is 2.65. The second-order valence-electron chi connectivity index (χ2n) is 12.4. The molecule has 4 rings (SSSR count). The lowest BCUT2D eigenvalue weighted by Gasteiger charge is -2.37. The fourth-order valence-corrected chi connectivity index (χ4v) is 6.52. The van der Waals surface area contributed by atoms with Crippen LogP contribution in [0.4, 0.5) is 14.5 Å². The van der Waals surface area contributed by atoms with Gasteiger partial charge < -0.3 is 15.7 Å². The number of ketones is 1. The predicted octanol–water partition coefficient (Wildman–Crippen LogP) is 6.92. The molecule has 5 nitrogen and oxygen atoms in total. The smallest absolute Gasteiger partial charge is 0.237 e. The van der Waals surface area contributed by atoms with Crippen LogP contribution >= 0.6 is 23.2 Å². The van der Waals surface area contributed by atoms with Crippen molar-refractivity contribution >= 4 is 40.6 Å². The fourth-order valence-electron chi connectivity index (χ4n) is 6.17. The summed E-state index contributed by atoms with van der Waals surface area (Å²) >= 11 is 12.3. The van der Waals surface area contributed by atoms with Crippen LogP contribution in [-0.4, -0.2) is 34.5 Å². The number of aliphatic hydroxyl groups is 1. The van der Waals surface area contributed by atoms with Crippen LogP contribution < -0.4 is 10.6 Å². The zero-order valence-electron chi connectivity index (χ0n) is 22.9. The highest BCUT2D eigenvalue weighted by molar-refractivity contribution is 6.31. The number of anilines is 1. The summed E-state index contributed by atoms with van der Waals surface area (Å²) in [5.74, 6) is -2.61. The van der Waals surface area contributed by atoms with Crippen molar-refractivity contribution in [3.05, 3.63) is 63.1 Å². The minimum Gasteiger partial charge on any atom is -0.390 e. The topological polar surface area (TPSA) is 78.4 Å². The number of nitrogens with one attached hydrogen (secondary N) is 2. The summed E-state index contributed by atoms with van der Waals surface area (Å²) in [5, 5.41) is 16.5. The quantitative estimate of drug-likeness (QED) is 0.316. The summed E-state index contributed by atoms with van der Waals surface area (Å²) in [6.45, 7) is 9.72. The van der Waals surface area contributed by atoms with Crippen molar-refractivity contribution in [1.29, 1.82) is 0 Å². The van der Waals surface area contributed by atoms with Crippen molar-refractivity contribution in [3.63, 3.8) is 0 Å². The Morgan fingerprint density at radius 2 is 1.74 bits per heavy atom. The number of hydrogen-bond donors (Lipinski definition) is 3. The summed E-state index contributed by atoms with van der Waals surface area (Å²) in [5.41, 5.74) is -1.23. The Morgan fingerprint density at radius 1 is 1.08 bits per heavy atom. The van der Waals surface area contributed by atoms with Crippen molar-refractivity contribution in [2.75, 3.05) is 5.32 Å². The third kappa shape index (κ3) is 5.61. The first-order valence-corrected chi connectivity index (χ1v) is 14.1. The second-order valence-corrected chi connectivity index (χ2v) is 13.2. The standard InChI is InChI=1S/C30H36Cl2F2N2O3/c1-6-29(5,39)11-7-8-23(37)26-25(16-9-10-20(33)18(31)12-16)30(24(36-26)15-28(2,3)4)17-13-21(34)19(32)14-22(17)35-27(30)38/h9-10,12-14,24-26,36,39H,6-8,11,15H2,1-5H3,(H,35,38)/t24-,25+,26+,29-,30+/m1/s1. The summed E-state index contributed by atoms with van der Waals surface area (Å²) in [7, 11) is 0. The summed E-state index contributed by atoms with van der Waals surface area (Å²) in [6, 6.07) is 5.49. The van der Waals surface area contributed by atoms with Crippen LogP contribution in [0.15, 0.2) is 30.3 Å². The lowest BCUT2D eigenvalue weighted by atomic mass is 9.62. The minimum atomic E-state index is -1.38. The van der Waals surface area contributed by atoms with Crippen LogP contribution in [0.2, 0.25) is 10.0 Å². The van der Waals surface area contributed by atoms with E-state index in [-0.39, 0.29) is 33.6 Å². The molecule has 2 heterocycles. The number of benzene rings is 2. The molecular formula is C30H36Cl2F2N2O3. The average molecular weight is 582 g/mol. The first-order valence-electron chi connectivity index (χ1n) is 13.4. The van der Waals surface area contributed by atoms with E-state index < -0.39 is 40.7 Å². The molecule has 212 valence electrons. The molecule has 1 spiro atoms. The summed E-state index contributed by atoms with van der Waals surface area (Å²) in [4.78, 5) is 28.0. The molecule has 1 fully saturated rings. The minimum absolute atomic E-state index is 0.124. The van der Waals surface area contributed by atoms with Gasteiger partial charge in [-0.2, -0.15) is 0 Å². The van der Waals surface area contributed by atoms with Gasteiger partial charge in [0, 0.05) is 24.1 Å². The maximum Gasteiger partial charge on any atom is 0.237 e. The van der Waals surface area contributed by atoms with E-state index >= 15 is 0 Å². The third-order valence-corrected chi connectivity index (χ3v) is 8.83. The largest absolute Gasteiger partial charge is 0.390 e. The van der Waals surface area contributed by atoms with Crippen LogP contribution in [0, 0.1) is 17.0 Å². The number of rotatable bonds is 8. The fraction of sp³-hybridized carbons (Fsp3) is 0.533. The molecule has 0 aromatic heterocycles. The Labute approximate surface area is 238 Å². The van der Waals surface area contributed by atoms with Gasteiger partial charge in [-0.25, -0.2) is 8.78 Å². The molecule has 1 saturated heterocycles. The monoisotopic (exact) mass is 580 g/mol. The van der Waals surface area contributed by atoms with Crippen molar-refractivity contribution in [2.45, 2.75) is 95.7 Å². The number of halogens is 4. The van der Waals surface area contributed by atoms with Gasteiger partial charge in [-0.1, -0.05) is 57.0 Å². The van der Waals surface area contributed by atoms with Crippen LogP contribution in [0.5, 0.6) is 0 Å². The van der Waals surface area contributed by atoms with E-state index in [0.717, 1.165) is 0 Å². The van der Waals surface area contributed by atoms with E-state index in [1.54, 1.807) is 6.92 Å². The van der Waals surface area contributed by atoms with Gasteiger partial charge in [-0.15, -0.1) is 0 Å². The van der Waals surface area contributed by atoms with E-state index in [2.05, 4.69) is 10.6 Å². The number of hydrogen-bond acceptors (Lipinski definition) is 4. The van der Waals surface area contributed by atoms with Crippen LogP contribution in [0.25, 0.3) is 0 Å². The average Bonchev–Trinajstić information content (AvgIpc) is 3.30. The maximum absolute atomic E-state index is 15.0. The van der Waals surface area contributed by atoms with Gasteiger partial charge in [0.1, 0.15) is 22.8 Å². The Balaban J connectivity index is 1.89. The van der Waals surface area contributed by atoms with Gasteiger partial charge in [-0.3, -0.25) is 9.59 Å². The van der Waals surface area contributed by atoms with Crippen LogP contribution in [0.3, 0.4) is 0 Å². The molecule has 0 saturated carbocycles. The number of Topliss-reactive ketones (excluding diaryl/α,β-unsaturated/α-hetero) is 1. The Kier molecular flexibility index (Phi) is 8.23. The molecule has 5 atom stereocenters. The van der Waals surface area contributed by atoms with Crippen molar-refractivity contribution in [3.8, 4) is 0 Å². The summed E-state index contributed by atoms with van der Waals surface area (Å²) in [6.07, 6.45) is 2.11. The normalized spacial score (nSPS) is 26.0. The second kappa shape index (κ2) is 10.7. The van der Waals surface area contributed by atoms with E-state index in [1.807, 2.05) is 27.7 Å². The lowest BCUT2D eigenvalue weighted by Crippen LogP contribution is -2.49. The Bertz CT molecular complexity index is 1290. The SMILES string of the molecule is CC[C@@](C)(O)CCCC(=O)[C@@H]1N[C@H](CC(C)(C)C)[C@]2(C(=O)Nc3cc(Cl)c(F)cc32)[C@H]1c1ccc(F)c(Cl)c1. The zero-order chi connectivity index (χ0) is 28.9. The molecule has 0 unspecified atom stereocenters. The highest BCUT2D eigenvalue weighted by Crippen LogP contribution is 2.57. The van der Waals surface area contributed by atoms with E-state index in [9.17, 15) is 23.5 Å². The predicted molar refractivity (Wildman–Crippen MR) is 150 cm³/mol. The zero-order valence-corrected chi connectivity index (χ0v) is 24.4. The molecule has 9 heteroatoms. The third-order valence-electron chi connectivity index (χ3n) is 8.25. The molecular weight excluding hydrogens is 545 g/mol. The van der Waals surface area contributed by atoms with Gasteiger partial charge in [-0.05, 0) is 73.4 Å². The molecule has 0 radical (unpaired) electrons. The number of carbonyl (C=O) groups excluding carboxylic acids is 2. The van der Waals surface area contributed by atoms with Crippen LogP contribution in [0.1, 0.15) is 83.8 Å². The van der Waals surface area contributed by atoms with Gasteiger partial charge in [0.15, 0.2) is 0 Å².